The summed E-state index contributed by atoms with van der Waals surface area (Å²) in [5.41, 5.74) is 0.559. The van der Waals surface area contributed by atoms with Crippen molar-refractivity contribution >= 4 is 15.8 Å². The second-order valence-corrected chi connectivity index (χ2v) is 7.40. The van der Waals surface area contributed by atoms with Gasteiger partial charge in [-0.3, -0.25) is 4.99 Å². The number of guanidine groups is 1. The quantitative estimate of drug-likeness (QED) is 0.641. The Morgan fingerprint density at radius 2 is 2.14 bits per heavy atom. The molecule has 1 unspecified atom stereocenters. The Kier molecular flexibility index (Phi) is 5.17. The van der Waals surface area contributed by atoms with Gasteiger partial charge in [-0.25, -0.2) is 12.8 Å². The van der Waals surface area contributed by atoms with E-state index in [1.807, 2.05) is 0 Å². The van der Waals surface area contributed by atoms with Crippen LogP contribution in [-0.2, 0) is 16.4 Å². The van der Waals surface area contributed by atoms with Crippen molar-refractivity contribution in [1.82, 2.24) is 10.6 Å². The molecule has 0 aromatic heterocycles. The van der Waals surface area contributed by atoms with Gasteiger partial charge in [0, 0.05) is 25.7 Å². The van der Waals surface area contributed by atoms with Gasteiger partial charge in [-0.15, -0.1) is 0 Å². The number of benzene rings is 1. The molecule has 0 spiro atoms. The number of halogens is 1. The lowest BCUT2D eigenvalue weighted by atomic mass is 10.1. The first-order valence-electron chi connectivity index (χ1n) is 6.88. The maximum absolute atomic E-state index is 13.5. The Morgan fingerprint density at radius 1 is 1.38 bits per heavy atom. The maximum Gasteiger partial charge on any atom is 0.191 e. The van der Waals surface area contributed by atoms with E-state index >= 15 is 0 Å². The second-order valence-electron chi connectivity index (χ2n) is 5.17. The molecule has 1 aliphatic rings. The van der Waals surface area contributed by atoms with Crippen molar-refractivity contribution in [2.45, 2.75) is 13.0 Å². The van der Waals surface area contributed by atoms with Gasteiger partial charge in [0.1, 0.15) is 5.82 Å². The van der Waals surface area contributed by atoms with Gasteiger partial charge >= 0.3 is 0 Å². The lowest BCUT2D eigenvalue weighted by molar-refractivity contribution is 0.565. The molecular weight excluding hydrogens is 293 g/mol. The number of hydrogen-bond acceptors (Lipinski definition) is 3. The van der Waals surface area contributed by atoms with E-state index in [-0.39, 0.29) is 23.2 Å². The zero-order valence-electron chi connectivity index (χ0n) is 12.0. The lowest BCUT2D eigenvalue weighted by Crippen LogP contribution is -2.39. The fourth-order valence-electron chi connectivity index (χ4n) is 2.32. The molecule has 1 atom stereocenters. The van der Waals surface area contributed by atoms with Gasteiger partial charge in [-0.2, -0.15) is 0 Å². The van der Waals surface area contributed by atoms with E-state index in [2.05, 4.69) is 15.6 Å². The van der Waals surface area contributed by atoms with Crippen LogP contribution in [-0.4, -0.2) is 39.5 Å². The van der Waals surface area contributed by atoms with Crippen molar-refractivity contribution in [1.29, 1.82) is 0 Å². The SMILES string of the molecule is CN=C(NCc1ccccc1F)NCC1CCS(=O)(=O)C1. The van der Waals surface area contributed by atoms with E-state index in [1.165, 1.54) is 6.07 Å². The van der Waals surface area contributed by atoms with E-state index in [1.54, 1.807) is 25.2 Å². The Labute approximate surface area is 124 Å². The van der Waals surface area contributed by atoms with Crippen molar-refractivity contribution in [3.63, 3.8) is 0 Å². The molecule has 2 rings (SSSR count). The fourth-order valence-corrected chi connectivity index (χ4v) is 4.18. The average Bonchev–Trinajstić information content (AvgIpc) is 2.80. The largest absolute Gasteiger partial charge is 0.356 e. The second kappa shape index (κ2) is 6.89. The molecule has 0 aliphatic carbocycles. The smallest absolute Gasteiger partial charge is 0.191 e. The third-order valence-electron chi connectivity index (χ3n) is 3.51. The van der Waals surface area contributed by atoms with Crippen molar-refractivity contribution < 1.29 is 12.8 Å². The van der Waals surface area contributed by atoms with E-state index < -0.39 is 9.84 Å². The molecule has 1 saturated heterocycles. The molecule has 0 bridgehead atoms. The number of nitrogens with one attached hydrogen (secondary N) is 2. The van der Waals surface area contributed by atoms with Crippen molar-refractivity contribution in [3.8, 4) is 0 Å². The minimum Gasteiger partial charge on any atom is -0.356 e. The third-order valence-corrected chi connectivity index (χ3v) is 5.35. The number of nitrogens with zero attached hydrogens (tertiary/aromatic N) is 1. The van der Waals surface area contributed by atoms with Gasteiger partial charge in [-0.05, 0) is 18.4 Å². The van der Waals surface area contributed by atoms with Gasteiger partial charge < -0.3 is 10.6 Å². The Hall–Kier alpha value is -1.63. The average molecular weight is 313 g/mol. The van der Waals surface area contributed by atoms with Crippen LogP contribution < -0.4 is 10.6 Å². The van der Waals surface area contributed by atoms with Gasteiger partial charge in [0.2, 0.25) is 0 Å². The predicted octanol–water partition coefficient (Wildman–Crippen LogP) is 0.925. The van der Waals surface area contributed by atoms with Crippen LogP contribution in [0.25, 0.3) is 0 Å². The molecular formula is C14H20FN3O2S. The van der Waals surface area contributed by atoms with Crippen LogP contribution in [0, 0.1) is 11.7 Å². The molecule has 7 heteroatoms. The molecule has 0 saturated carbocycles. The van der Waals surface area contributed by atoms with Crippen molar-refractivity contribution in [2.75, 3.05) is 25.1 Å². The fraction of sp³-hybridized carbons (Fsp3) is 0.500. The van der Waals surface area contributed by atoms with Crippen LogP contribution in [0.5, 0.6) is 0 Å². The summed E-state index contributed by atoms with van der Waals surface area (Å²) in [5, 5.41) is 6.11. The highest BCUT2D eigenvalue weighted by Gasteiger charge is 2.27. The molecule has 116 valence electrons. The van der Waals surface area contributed by atoms with Crippen LogP contribution in [0.2, 0.25) is 0 Å². The van der Waals surface area contributed by atoms with Crippen molar-refractivity contribution in [3.05, 3.63) is 35.6 Å². The standard InChI is InChI=1S/C14H20FN3O2S/c1-16-14(17-8-11-6-7-21(19,20)10-11)18-9-12-4-2-3-5-13(12)15/h2-5,11H,6-10H2,1H3,(H2,16,17,18). The van der Waals surface area contributed by atoms with E-state index in [9.17, 15) is 12.8 Å². The predicted molar refractivity (Wildman–Crippen MR) is 81.4 cm³/mol. The van der Waals surface area contributed by atoms with Crippen molar-refractivity contribution in [2.24, 2.45) is 10.9 Å². The molecule has 0 radical (unpaired) electrons. The summed E-state index contributed by atoms with van der Waals surface area (Å²) in [4.78, 5) is 4.05. The number of sulfone groups is 1. The highest BCUT2D eigenvalue weighted by atomic mass is 32.2. The van der Waals surface area contributed by atoms with E-state index in [0.29, 0.717) is 31.0 Å². The third kappa shape index (κ3) is 4.70. The summed E-state index contributed by atoms with van der Waals surface area (Å²) in [7, 11) is -1.23. The zero-order valence-corrected chi connectivity index (χ0v) is 12.8. The lowest BCUT2D eigenvalue weighted by Gasteiger charge is -2.14. The molecule has 1 aromatic rings. The highest BCUT2D eigenvalue weighted by Crippen LogP contribution is 2.17. The van der Waals surface area contributed by atoms with Crippen LogP contribution in [0.1, 0.15) is 12.0 Å². The molecule has 21 heavy (non-hydrogen) atoms. The minimum absolute atomic E-state index is 0.113. The normalized spacial score (nSPS) is 21.2. The topological polar surface area (TPSA) is 70.6 Å². The molecule has 1 heterocycles. The molecule has 1 aromatic carbocycles. The summed E-state index contributed by atoms with van der Waals surface area (Å²) in [6, 6.07) is 6.54. The van der Waals surface area contributed by atoms with Gasteiger partial charge in [0.25, 0.3) is 0 Å². The summed E-state index contributed by atoms with van der Waals surface area (Å²) in [6.07, 6.45) is 0.680. The molecule has 1 aliphatic heterocycles. The number of aliphatic imine (C=N–C) groups is 1. The first-order valence-corrected chi connectivity index (χ1v) is 8.70. The first kappa shape index (κ1) is 15.8. The summed E-state index contributed by atoms with van der Waals surface area (Å²) < 4.78 is 36.3. The Bertz CT molecular complexity index is 616. The summed E-state index contributed by atoms with van der Waals surface area (Å²) in [5.74, 6) is 0.886. The Morgan fingerprint density at radius 3 is 2.76 bits per heavy atom. The molecule has 2 N–H and O–H groups in total. The zero-order chi connectivity index (χ0) is 15.3. The number of rotatable bonds is 4. The van der Waals surface area contributed by atoms with E-state index in [4.69, 9.17) is 0 Å². The van der Waals surface area contributed by atoms with Crippen LogP contribution in [0.15, 0.2) is 29.3 Å². The summed E-state index contributed by atoms with van der Waals surface area (Å²) in [6.45, 7) is 0.880. The Balaban J connectivity index is 1.81. The monoisotopic (exact) mass is 313 g/mol. The van der Waals surface area contributed by atoms with E-state index in [0.717, 1.165) is 0 Å². The first-order chi connectivity index (χ1) is 10.00. The molecule has 1 fully saturated rings. The van der Waals surface area contributed by atoms with Gasteiger partial charge in [-0.1, -0.05) is 18.2 Å². The van der Waals surface area contributed by atoms with Crippen LogP contribution >= 0.6 is 0 Å². The van der Waals surface area contributed by atoms with Crippen LogP contribution in [0.4, 0.5) is 4.39 Å². The minimum atomic E-state index is -2.86. The molecule has 0 amide bonds. The maximum atomic E-state index is 13.5. The van der Waals surface area contributed by atoms with Gasteiger partial charge in [0.05, 0.1) is 11.5 Å². The van der Waals surface area contributed by atoms with Gasteiger partial charge in [0.15, 0.2) is 15.8 Å². The summed E-state index contributed by atoms with van der Waals surface area (Å²) >= 11 is 0. The van der Waals surface area contributed by atoms with Crippen LogP contribution in [0.3, 0.4) is 0 Å². The highest BCUT2D eigenvalue weighted by molar-refractivity contribution is 7.91. The molecule has 5 nitrogen and oxygen atoms in total. The number of hydrogen-bond donors (Lipinski definition) is 2.